The zero-order valence-electron chi connectivity index (χ0n) is 6.10. The van der Waals surface area contributed by atoms with E-state index >= 15 is 0 Å². The van der Waals surface area contributed by atoms with Crippen LogP contribution in [0.2, 0.25) is 0 Å². The molecule has 1 fully saturated rings. The molecule has 0 spiro atoms. The first-order valence-corrected chi connectivity index (χ1v) is 4.67. The highest BCUT2D eigenvalue weighted by atomic mass is 32.2. The molecule has 12 heavy (non-hydrogen) atoms. The molecule has 70 valence electrons. The van der Waals surface area contributed by atoms with E-state index in [1.165, 1.54) is 0 Å². The summed E-state index contributed by atoms with van der Waals surface area (Å²) in [6.07, 6.45) is -1.16. The van der Waals surface area contributed by atoms with Gasteiger partial charge in [-0.25, -0.2) is 9.93 Å². The van der Waals surface area contributed by atoms with E-state index < -0.39 is 16.3 Å². The van der Waals surface area contributed by atoms with Crippen LogP contribution >= 0.6 is 0 Å². The minimum Gasteiger partial charge on any atom is -0.465 e. The Morgan fingerprint density at radius 2 is 2.08 bits per heavy atom. The van der Waals surface area contributed by atoms with Crippen molar-refractivity contribution in [3.8, 4) is 0 Å². The molecule has 0 atom stereocenters. The van der Waals surface area contributed by atoms with Crippen LogP contribution in [-0.4, -0.2) is 43.1 Å². The number of nitrogens with one attached hydrogen (secondary N) is 1. The zero-order chi connectivity index (χ0) is 9.35. The zero-order valence-corrected chi connectivity index (χ0v) is 6.91. The lowest BCUT2D eigenvalue weighted by atomic mass is 10.2. The molecule has 0 radical (unpaired) electrons. The third-order valence-corrected chi connectivity index (χ3v) is 2.55. The summed E-state index contributed by atoms with van der Waals surface area (Å²) in [5, 5.41) is 15.1. The van der Waals surface area contributed by atoms with Gasteiger partial charge in [-0.15, -0.1) is 0 Å². The summed E-state index contributed by atoms with van der Waals surface area (Å²) in [6.45, 7) is 0.232. The van der Waals surface area contributed by atoms with Crippen molar-refractivity contribution in [3.63, 3.8) is 0 Å². The standard InChI is InChI=1S/C4H9N3O4S/c5-12(10,11)7-1-3(2-7)6-4(8)9/h3,6H,1-2H2,(H,8,9)(H2,5,10,11). The largest absolute Gasteiger partial charge is 0.465 e. The molecule has 0 aromatic rings. The number of amides is 1. The van der Waals surface area contributed by atoms with Gasteiger partial charge in [0, 0.05) is 13.1 Å². The van der Waals surface area contributed by atoms with Gasteiger partial charge in [-0.3, -0.25) is 0 Å². The van der Waals surface area contributed by atoms with Crippen molar-refractivity contribution in [1.82, 2.24) is 9.62 Å². The van der Waals surface area contributed by atoms with E-state index in [0.717, 1.165) is 4.31 Å². The molecule has 1 heterocycles. The molecule has 1 aliphatic heterocycles. The van der Waals surface area contributed by atoms with Crippen LogP contribution < -0.4 is 10.5 Å². The van der Waals surface area contributed by atoms with E-state index in [2.05, 4.69) is 5.32 Å². The third kappa shape index (κ3) is 2.06. The Labute approximate surface area is 69.3 Å². The Hall–Kier alpha value is -0.860. The van der Waals surface area contributed by atoms with Crippen LogP contribution in [0.1, 0.15) is 0 Å². The average molecular weight is 195 g/mol. The fourth-order valence-corrected chi connectivity index (χ4v) is 1.69. The number of carboxylic acid groups (broad SMARTS) is 1. The van der Waals surface area contributed by atoms with Crippen molar-refractivity contribution < 1.29 is 18.3 Å². The van der Waals surface area contributed by atoms with Crippen molar-refractivity contribution >= 4 is 16.3 Å². The number of nitrogens with zero attached hydrogens (tertiary/aromatic N) is 1. The second-order valence-electron chi connectivity index (χ2n) is 2.51. The molecule has 0 bridgehead atoms. The second kappa shape index (κ2) is 2.88. The van der Waals surface area contributed by atoms with E-state index in [1.807, 2.05) is 0 Å². The second-order valence-corrected chi connectivity index (χ2v) is 4.05. The van der Waals surface area contributed by atoms with Gasteiger partial charge in [0.05, 0.1) is 6.04 Å². The highest BCUT2D eigenvalue weighted by Gasteiger charge is 2.34. The maximum Gasteiger partial charge on any atom is 0.404 e. The SMILES string of the molecule is NS(=O)(=O)N1CC(NC(=O)O)C1. The lowest BCUT2D eigenvalue weighted by Gasteiger charge is -2.36. The molecule has 1 saturated heterocycles. The molecule has 4 N–H and O–H groups in total. The summed E-state index contributed by atoms with van der Waals surface area (Å²) in [5.41, 5.74) is 0. The number of rotatable bonds is 2. The van der Waals surface area contributed by atoms with Gasteiger partial charge in [-0.2, -0.15) is 12.7 Å². The maximum atomic E-state index is 10.6. The van der Waals surface area contributed by atoms with Crippen molar-refractivity contribution in [1.29, 1.82) is 0 Å². The Kier molecular flexibility index (Phi) is 2.22. The fourth-order valence-electron chi connectivity index (χ4n) is 0.912. The predicted octanol–water partition coefficient (Wildman–Crippen LogP) is -1.86. The van der Waals surface area contributed by atoms with E-state index in [-0.39, 0.29) is 19.1 Å². The maximum absolute atomic E-state index is 10.6. The van der Waals surface area contributed by atoms with Crippen molar-refractivity contribution in [3.05, 3.63) is 0 Å². The average Bonchev–Trinajstić information content (AvgIpc) is 1.73. The van der Waals surface area contributed by atoms with Crippen LogP contribution in [-0.2, 0) is 10.2 Å². The molecule has 0 aromatic heterocycles. The number of hydrogen-bond donors (Lipinski definition) is 3. The minimum absolute atomic E-state index is 0.116. The van der Waals surface area contributed by atoms with E-state index in [1.54, 1.807) is 0 Å². The van der Waals surface area contributed by atoms with Crippen LogP contribution in [0.3, 0.4) is 0 Å². The lowest BCUT2D eigenvalue weighted by Crippen LogP contribution is -2.62. The van der Waals surface area contributed by atoms with Crippen LogP contribution in [0.5, 0.6) is 0 Å². The van der Waals surface area contributed by atoms with Crippen molar-refractivity contribution in [2.75, 3.05) is 13.1 Å². The normalized spacial score (nSPS) is 20.1. The number of carbonyl (C=O) groups is 1. The molecule has 1 rings (SSSR count). The third-order valence-electron chi connectivity index (χ3n) is 1.54. The molecule has 0 saturated carbocycles. The summed E-state index contributed by atoms with van der Waals surface area (Å²) in [6, 6.07) is -0.333. The van der Waals surface area contributed by atoms with Gasteiger partial charge in [0.2, 0.25) is 0 Å². The molecule has 0 aliphatic carbocycles. The number of nitrogens with two attached hydrogens (primary N) is 1. The molecular formula is C4H9N3O4S. The Bertz CT molecular complexity index is 281. The van der Waals surface area contributed by atoms with Gasteiger partial charge in [0.15, 0.2) is 0 Å². The first kappa shape index (κ1) is 9.23. The quantitative estimate of drug-likeness (QED) is 0.479. The molecular weight excluding hydrogens is 186 g/mol. The van der Waals surface area contributed by atoms with Gasteiger partial charge in [0.25, 0.3) is 10.2 Å². The topological polar surface area (TPSA) is 113 Å². The fraction of sp³-hybridized carbons (Fsp3) is 0.750. The molecule has 0 aromatic carbocycles. The van der Waals surface area contributed by atoms with E-state index in [0.29, 0.717) is 0 Å². The predicted molar refractivity (Wildman–Crippen MR) is 39.6 cm³/mol. The highest BCUT2D eigenvalue weighted by molar-refractivity contribution is 7.86. The van der Waals surface area contributed by atoms with Crippen molar-refractivity contribution in [2.45, 2.75) is 6.04 Å². The summed E-state index contributed by atoms with van der Waals surface area (Å²) >= 11 is 0. The molecule has 0 unspecified atom stereocenters. The first-order chi connectivity index (χ1) is 5.39. The van der Waals surface area contributed by atoms with Gasteiger partial charge >= 0.3 is 6.09 Å². The molecule has 1 aliphatic rings. The lowest BCUT2D eigenvalue weighted by molar-refractivity contribution is 0.168. The minimum atomic E-state index is -3.63. The summed E-state index contributed by atoms with van der Waals surface area (Å²) in [5.74, 6) is 0. The molecule has 1 amide bonds. The first-order valence-electron chi connectivity index (χ1n) is 3.17. The number of hydrogen-bond acceptors (Lipinski definition) is 3. The molecule has 7 nitrogen and oxygen atoms in total. The Balaban J connectivity index is 2.34. The Morgan fingerprint density at radius 3 is 2.42 bits per heavy atom. The van der Waals surface area contributed by atoms with Gasteiger partial charge in [0.1, 0.15) is 0 Å². The highest BCUT2D eigenvalue weighted by Crippen LogP contribution is 2.09. The summed E-state index contributed by atoms with van der Waals surface area (Å²) in [7, 11) is -3.63. The van der Waals surface area contributed by atoms with E-state index in [9.17, 15) is 13.2 Å². The summed E-state index contributed by atoms with van der Waals surface area (Å²) < 4.78 is 22.1. The van der Waals surface area contributed by atoms with Crippen LogP contribution in [0.15, 0.2) is 0 Å². The van der Waals surface area contributed by atoms with E-state index in [4.69, 9.17) is 10.2 Å². The van der Waals surface area contributed by atoms with Crippen LogP contribution in [0.25, 0.3) is 0 Å². The Morgan fingerprint density at radius 1 is 1.58 bits per heavy atom. The molecule has 8 heteroatoms. The van der Waals surface area contributed by atoms with Crippen LogP contribution in [0.4, 0.5) is 4.79 Å². The van der Waals surface area contributed by atoms with Crippen LogP contribution in [0, 0.1) is 0 Å². The van der Waals surface area contributed by atoms with Gasteiger partial charge < -0.3 is 10.4 Å². The summed E-state index contributed by atoms with van der Waals surface area (Å²) in [4.78, 5) is 10.0. The smallest absolute Gasteiger partial charge is 0.404 e. The monoisotopic (exact) mass is 195 g/mol. The van der Waals surface area contributed by atoms with Crippen molar-refractivity contribution in [2.24, 2.45) is 5.14 Å². The van der Waals surface area contributed by atoms with Gasteiger partial charge in [-0.05, 0) is 0 Å². The van der Waals surface area contributed by atoms with Gasteiger partial charge in [-0.1, -0.05) is 0 Å².